The molecule has 6 unspecified atom stereocenters. The molecule has 6 rings (SSSR count). The highest BCUT2D eigenvalue weighted by Gasteiger charge is 2.76. The minimum atomic E-state index is -1.93. The van der Waals surface area contributed by atoms with Crippen molar-refractivity contribution in [2.75, 3.05) is 17.5 Å². The van der Waals surface area contributed by atoms with Gasteiger partial charge in [0, 0.05) is 5.92 Å². The normalized spacial score (nSPS) is 33.1. The van der Waals surface area contributed by atoms with Gasteiger partial charge >= 0.3 is 0 Å². The number of fused-ring (bicyclic) bond motifs is 4. The summed E-state index contributed by atoms with van der Waals surface area (Å²) >= 11 is 19.7. The van der Waals surface area contributed by atoms with E-state index in [-0.39, 0.29) is 41.6 Å². The van der Waals surface area contributed by atoms with Crippen molar-refractivity contribution < 1.29 is 29.0 Å². The summed E-state index contributed by atoms with van der Waals surface area (Å²) < 4.78 is 5.84. The maximum Gasteiger partial charge on any atom is 0.254 e. The first-order valence-electron chi connectivity index (χ1n) is 12.5. The summed E-state index contributed by atoms with van der Waals surface area (Å²) in [4.78, 5) is 53.5. The molecule has 12 heteroatoms. The second-order valence-electron chi connectivity index (χ2n) is 10.4. The zero-order chi connectivity index (χ0) is 28.7. The highest BCUT2D eigenvalue weighted by molar-refractivity contribution is 14.1. The van der Waals surface area contributed by atoms with Crippen LogP contribution in [0.25, 0.3) is 0 Å². The number of halogens is 4. The van der Waals surface area contributed by atoms with Crippen LogP contribution in [0.1, 0.15) is 24.3 Å². The second-order valence-corrected chi connectivity index (χ2v) is 13.3. The fraction of sp³-hybridized carbons (Fsp3) is 0.357. The van der Waals surface area contributed by atoms with Crippen LogP contribution in [0, 0.1) is 21.3 Å². The summed E-state index contributed by atoms with van der Waals surface area (Å²) in [6.45, 7) is 0. The minimum absolute atomic E-state index is 0.0800. The van der Waals surface area contributed by atoms with Gasteiger partial charge in [-0.25, -0.2) is 0 Å². The Morgan fingerprint density at radius 3 is 2.42 bits per heavy atom. The van der Waals surface area contributed by atoms with Gasteiger partial charge in [0.25, 0.3) is 11.8 Å². The Labute approximate surface area is 261 Å². The first kappa shape index (κ1) is 28.0. The molecule has 0 spiro atoms. The summed E-state index contributed by atoms with van der Waals surface area (Å²) in [6.07, 6.45) is 2.04. The number of likely N-dealkylation sites (tertiary alicyclic amines) is 1. The zero-order valence-electron chi connectivity index (χ0n) is 20.9. The van der Waals surface area contributed by atoms with Gasteiger partial charge in [0.15, 0.2) is 21.2 Å². The smallest absolute Gasteiger partial charge is 0.254 e. The van der Waals surface area contributed by atoms with Crippen molar-refractivity contribution in [2.24, 2.45) is 17.8 Å². The van der Waals surface area contributed by atoms with Crippen molar-refractivity contribution in [3.8, 4) is 11.5 Å². The lowest BCUT2D eigenvalue weighted by atomic mass is 9.56. The van der Waals surface area contributed by atoms with E-state index < -0.39 is 45.2 Å². The quantitative estimate of drug-likeness (QED) is 0.156. The van der Waals surface area contributed by atoms with Crippen molar-refractivity contribution >= 4 is 91.0 Å². The number of benzene rings is 2. The number of hydrogen-bond donors (Lipinski definition) is 1. The number of phenolic OH excluding ortho intramolecular Hbond substituents is 1. The highest BCUT2D eigenvalue weighted by atomic mass is 127. The average Bonchev–Trinajstić information content (AvgIpc) is 3.28. The number of allylic oxidation sites excluding steroid dienone is 2. The number of carbonyl (C=O) groups is 4. The summed E-state index contributed by atoms with van der Waals surface area (Å²) in [6, 6.07) is 12.0. The van der Waals surface area contributed by atoms with Gasteiger partial charge in [-0.15, -0.1) is 23.2 Å². The van der Waals surface area contributed by atoms with Gasteiger partial charge < -0.3 is 9.84 Å². The number of methoxy groups -OCH3 is 1. The van der Waals surface area contributed by atoms with Gasteiger partial charge in [0.05, 0.1) is 33.7 Å². The first-order valence-corrected chi connectivity index (χ1v) is 15.5. The largest absolute Gasteiger partial charge is 0.504 e. The Morgan fingerprint density at radius 1 is 1.07 bits per heavy atom. The molecule has 1 saturated carbocycles. The van der Waals surface area contributed by atoms with Crippen molar-refractivity contribution in [3.63, 3.8) is 0 Å². The summed E-state index contributed by atoms with van der Waals surface area (Å²) in [5, 5.41) is 10.5. The zero-order valence-corrected chi connectivity index (χ0v) is 26.2. The number of imide groups is 2. The summed E-state index contributed by atoms with van der Waals surface area (Å²) in [5.41, 5.74) is 1.54. The third-order valence-electron chi connectivity index (χ3n) is 8.63. The molecule has 4 aliphatic rings. The molecule has 40 heavy (non-hydrogen) atoms. The van der Waals surface area contributed by atoms with Crippen LogP contribution in [0.2, 0.25) is 0 Å². The number of rotatable bonds is 4. The third kappa shape index (κ3) is 3.54. The van der Waals surface area contributed by atoms with Gasteiger partial charge in [0.1, 0.15) is 0 Å². The van der Waals surface area contributed by atoms with E-state index in [4.69, 9.17) is 27.9 Å². The predicted octanol–water partition coefficient (Wildman–Crippen LogP) is 4.92. The van der Waals surface area contributed by atoms with Crippen molar-refractivity contribution in [3.05, 3.63) is 63.2 Å². The van der Waals surface area contributed by atoms with Gasteiger partial charge in [-0.2, -0.15) is 0 Å². The van der Waals surface area contributed by atoms with E-state index in [9.17, 15) is 24.3 Å². The molecule has 208 valence electrons. The van der Waals surface area contributed by atoms with Gasteiger partial charge in [-0.3, -0.25) is 29.0 Å². The van der Waals surface area contributed by atoms with Crippen molar-refractivity contribution in [1.29, 1.82) is 0 Å². The monoisotopic (exact) mass is 758 g/mol. The number of aromatic hydroxyl groups is 1. The molecule has 2 saturated heterocycles. The lowest BCUT2D eigenvalue weighted by Crippen LogP contribution is -2.60. The van der Waals surface area contributed by atoms with E-state index in [1.54, 1.807) is 42.5 Å². The molecule has 8 nitrogen and oxygen atoms in total. The molecule has 0 radical (unpaired) electrons. The van der Waals surface area contributed by atoms with E-state index in [2.05, 4.69) is 15.9 Å². The van der Waals surface area contributed by atoms with Crippen molar-refractivity contribution in [2.45, 2.75) is 28.5 Å². The number of para-hydroxylation sites is 1. The number of ether oxygens (including phenoxy) is 1. The molecule has 6 atom stereocenters. The number of hydrogen-bond acceptors (Lipinski definition) is 6. The van der Waals surface area contributed by atoms with E-state index in [1.165, 1.54) is 12.0 Å². The number of phenols is 1. The van der Waals surface area contributed by atoms with Crippen molar-refractivity contribution in [1.82, 2.24) is 4.90 Å². The molecule has 4 amide bonds. The maximum atomic E-state index is 14.0. The molecule has 0 aromatic heterocycles. The SMILES string of the molecule is COc1cc(C2C3=CCC4C(=O)N(c5ccccc5)C(=O)C4C3CC3(Cl)C(=O)N(CBr)C(=O)C23Cl)cc(I)c1O. The van der Waals surface area contributed by atoms with Crippen LogP contribution in [0.15, 0.2) is 54.1 Å². The Hall–Kier alpha value is -2.15. The molecule has 2 aliphatic heterocycles. The number of alkyl halides is 3. The van der Waals surface area contributed by atoms with E-state index in [1.807, 2.05) is 28.7 Å². The molecular formula is C28H22BrCl2IN2O6. The van der Waals surface area contributed by atoms with Gasteiger partial charge in [0.2, 0.25) is 11.8 Å². The third-order valence-corrected chi connectivity index (χ3v) is 11.4. The number of amides is 4. The van der Waals surface area contributed by atoms with E-state index in [0.29, 0.717) is 20.4 Å². The van der Waals surface area contributed by atoms with E-state index >= 15 is 0 Å². The molecule has 2 aromatic rings. The van der Waals surface area contributed by atoms with Crippen LogP contribution in [0.5, 0.6) is 11.5 Å². The molecular weight excluding hydrogens is 738 g/mol. The fourth-order valence-corrected chi connectivity index (χ4v) is 8.93. The van der Waals surface area contributed by atoms with Crippen LogP contribution < -0.4 is 9.64 Å². The molecule has 3 fully saturated rings. The number of carbonyl (C=O) groups excluding carboxylic acids is 4. The molecule has 2 heterocycles. The standard InChI is InChI=1S/C28H22BrCl2IN2O6/c1-40-19-10-13(9-18(32)22(19)35)21-15-7-8-16-20(24(37)34(23(16)36)14-5-3-2-4-6-14)17(15)11-27(30)25(38)33(12-29)26(39)28(21,27)31/h2-7,9-10,16-17,20-21,35H,8,11-12H2,1H3. The lowest BCUT2D eigenvalue weighted by Gasteiger charge is -2.50. The second kappa shape index (κ2) is 9.71. The Morgan fingerprint density at radius 2 is 1.77 bits per heavy atom. The summed E-state index contributed by atoms with van der Waals surface area (Å²) in [5.74, 6) is -4.91. The van der Waals surface area contributed by atoms with Gasteiger partial charge in [-0.05, 0) is 71.2 Å². The average molecular weight is 760 g/mol. The molecule has 2 aromatic carbocycles. The van der Waals surface area contributed by atoms with Crippen LogP contribution in [-0.4, -0.2) is 55.9 Å². The molecule has 0 bridgehead atoms. The van der Waals surface area contributed by atoms with Gasteiger partial charge in [-0.1, -0.05) is 45.8 Å². The Kier molecular flexibility index (Phi) is 6.79. The first-order chi connectivity index (χ1) is 19.0. The lowest BCUT2D eigenvalue weighted by molar-refractivity contribution is -0.138. The van der Waals surface area contributed by atoms with Crippen LogP contribution in [-0.2, 0) is 19.2 Å². The molecule has 1 N–H and O–H groups in total. The highest BCUT2D eigenvalue weighted by Crippen LogP contribution is 2.66. The maximum absolute atomic E-state index is 14.0. The molecule has 2 aliphatic carbocycles. The van der Waals surface area contributed by atoms with Crippen LogP contribution >= 0.6 is 61.7 Å². The number of nitrogens with zero attached hydrogens (tertiary/aromatic N) is 2. The minimum Gasteiger partial charge on any atom is -0.504 e. The Bertz CT molecular complexity index is 1520. The van der Waals surface area contributed by atoms with Crippen LogP contribution in [0.3, 0.4) is 0 Å². The predicted molar refractivity (Wildman–Crippen MR) is 160 cm³/mol. The Balaban J connectivity index is 1.55. The number of anilines is 1. The summed E-state index contributed by atoms with van der Waals surface area (Å²) in [7, 11) is 1.41. The van der Waals surface area contributed by atoms with Crippen LogP contribution in [0.4, 0.5) is 5.69 Å². The topological polar surface area (TPSA) is 104 Å². The van der Waals surface area contributed by atoms with E-state index in [0.717, 1.165) is 4.90 Å². The fourth-order valence-electron chi connectivity index (χ4n) is 6.87.